The fourth-order valence-corrected chi connectivity index (χ4v) is 3.68. The van der Waals surface area contributed by atoms with Gasteiger partial charge >= 0.3 is 6.03 Å². The van der Waals surface area contributed by atoms with Gasteiger partial charge in [-0.05, 0) is 42.9 Å². The summed E-state index contributed by atoms with van der Waals surface area (Å²) in [7, 11) is 1.75. The molecule has 3 unspecified atom stereocenters. The maximum absolute atomic E-state index is 13.7. The number of nitrogens with zero attached hydrogens (tertiary/aromatic N) is 1. The Labute approximate surface area is 130 Å². The number of aliphatic hydroxyl groups excluding tert-OH is 1. The van der Waals surface area contributed by atoms with Crippen LogP contribution in [0.25, 0.3) is 0 Å². The molecule has 2 aliphatic carbocycles. The molecule has 0 heterocycles. The number of aliphatic hydroxyl groups is 1. The van der Waals surface area contributed by atoms with Gasteiger partial charge in [0.15, 0.2) is 0 Å². The number of fused-ring (bicyclic) bond motifs is 1. The van der Waals surface area contributed by atoms with Crippen molar-refractivity contribution in [3.05, 3.63) is 35.1 Å². The largest absolute Gasteiger partial charge is 0.393 e. The van der Waals surface area contributed by atoms with Crippen molar-refractivity contribution < 1.29 is 14.3 Å². The molecular formula is C17H23FN2O2. The minimum Gasteiger partial charge on any atom is -0.393 e. The highest BCUT2D eigenvalue weighted by molar-refractivity contribution is 5.74. The number of hydrogen-bond acceptors (Lipinski definition) is 2. The molecule has 2 N–H and O–H groups in total. The van der Waals surface area contributed by atoms with Crippen LogP contribution in [-0.4, -0.2) is 35.7 Å². The zero-order valence-electron chi connectivity index (χ0n) is 12.9. The fraction of sp³-hybridized carbons (Fsp3) is 0.588. The zero-order chi connectivity index (χ0) is 15.7. The Morgan fingerprint density at radius 2 is 2.23 bits per heavy atom. The molecule has 3 rings (SSSR count). The molecule has 3 atom stereocenters. The van der Waals surface area contributed by atoms with Crippen molar-refractivity contribution in [2.75, 3.05) is 13.6 Å². The van der Waals surface area contributed by atoms with Crippen LogP contribution in [0.4, 0.5) is 9.18 Å². The van der Waals surface area contributed by atoms with Crippen molar-refractivity contribution >= 4 is 6.03 Å². The third-order valence-corrected chi connectivity index (χ3v) is 4.99. The monoisotopic (exact) mass is 306 g/mol. The zero-order valence-corrected chi connectivity index (χ0v) is 12.9. The molecule has 0 saturated heterocycles. The van der Waals surface area contributed by atoms with Gasteiger partial charge in [0.05, 0.1) is 12.1 Å². The van der Waals surface area contributed by atoms with Crippen LogP contribution in [0.1, 0.15) is 42.9 Å². The first kappa shape index (κ1) is 15.3. The lowest BCUT2D eigenvalue weighted by molar-refractivity contribution is 0.113. The summed E-state index contributed by atoms with van der Waals surface area (Å²) in [6.07, 6.45) is 3.93. The Hall–Kier alpha value is -1.62. The third-order valence-electron chi connectivity index (χ3n) is 4.99. The van der Waals surface area contributed by atoms with Gasteiger partial charge < -0.3 is 15.3 Å². The number of carbonyl (C=O) groups is 1. The summed E-state index contributed by atoms with van der Waals surface area (Å²) in [5.74, 6) is -0.0132. The summed E-state index contributed by atoms with van der Waals surface area (Å²) in [6, 6.07) is 4.78. The predicted molar refractivity (Wildman–Crippen MR) is 82.0 cm³/mol. The summed E-state index contributed by atoms with van der Waals surface area (Å²) in [4.78, 5) is 14.0. The Kier molecular flexibility index (Phi) is 4.34. The summed E-state index contributed by atoms with van der Waals surface area (Å²) in [5.41, 5.74) is 1.62. The van der Waals surface area contributed by atoms with E-state index in [0.29, 0.717) is 13.0 Å². The first-order valence-corrected chi connectivity index (χ1v) is 8.03. The number of halogens is 1. The maximum Gasteiger partial charge on any atom is 0.317 e. The molecule has 4 nitrogen and oxygen atoms in total. The average molecular weight is 306 g/mol. The lowest BCUT2D eigenvalue weighted by atomic mass is 10.1. The molecule has 1 saturated carbocycles. The van der Waals surface area contributed by atoms with E-state index in [9.17, 15) is 14.3 Å². The number of hydrogen-bond donors (Lipinski definition) is 2. The normalized spacial score (nSPS) is 26.8. The minimum absolute atomic E-state index is 0.117. The van der Waals surface area contributed by atoms with Crippen LogP contribution in [0.3, 0.4) is 0 Å². The highest BCUT2D eigenvalue weighted by Crippen LogP contribution is 2.33. The quantitative estimate of drug-likeness (QED) is 0.902. The van der Waals surface area contributed by atoms with Crippen molar-refractivity contribution in [3.8, 4) is 0 Å². The molecule has 5 heteroatoms. The molecule has 120 valence electrons. The maximum atomic E-state index is 13.7. The molecule has 0 spiro atoms. The van der Waals surface area contributed by atoms with E-state index in [0.717, 1.165) is 36.8 Å². The highest BCUT2D eigenvalue weighted by atomic mass is 19.1. The summed E-state index contributed by atoms with van der Waals surface area (Å²) >= 11 is 0. The number of benzene rings is 1. The molecule has 2 amide bonds. The van der Waals surface area contributed by atoms with E-state index in [-0.39, 0.29) is 29.9 Å². The Bertz CT molecular complexity index is 564. The molecule has 1 aromatic rings. The lowest BCUT2D eigenvalue weighted by Gasteiger charge is -2.25. The Morgan fingerprint density at radius 1 is 1.41 bits per heavy atom. The second kappa shape index (κ2) is 6.24. The van der Waals surface area contributed by atoms with E-state index >= 15 is 0 Å². The molecular weight excluding hydrogens is 283 g/mol. The lowest BCUT2D eigenvalue weighted by Crippen LogP contribution is -2.42. The second-order valence-electron chi connectivity index (χ2n) is 6.49. The Balaban J connectivity index is 1.60. The van der Waals surface area contributed by atoms with Crippen molar-refractivity contribution in [2.45, 2.75) is 44.2 Å². The SMILES string of the molecule is CN(CC1CCCC1O)C(=O)NC1CCc2c(F)cccc21. The van der Waals surface area contributed by atoms with Crippen LogP contribution < -0.4 is 5.32 Å². The summed E-state index contributed by atoms with van der Waals surface area (Å²) in [6.45, 7) is 0.565. The molecule has 1 aromatic carbocycles. The fourth-order valence-electron chi connectivity index (χ4n) is 3.68. The number of rotatable bonds is 3. The van der Waals surface area contributed by atoms with E-state index in [4.69, 9.17) is 0 Å². The van der Waals surface area contributed by atoms with E-state index in [1.165, 1.54) is 6.07 Å². The molecule has 0 aromatic heterocycles. The van der Waals surface area contributed by atoms with Crippen molar-refractivity contribution in [1.29, 1.82) is 0 Å². The van der Waals surface area contributed by atoms with Crippen molar-refractivity contribution in [1.82, 2.24) is 10.2 Å². The van der Waals surface area contributed by atoms with Gasteiger partial charge in [-0.2, -0.15) is 0 Å². The number of carbonyl (C=O) groups excluding carboxylic acids is 1. The topological polar surface area (TPSA) is 52.6 Å². The third kappa shape index (κ3) is 2.95. The van der Waals surface area contributed by atoms with Gasteiger partial charge in [0.25, 0.3) is 0 Å². The van der Waals surface area contributed by atoms with Crippen LogP contribution in [-0.2, 0) is 6.42 Å². The summed E-state index contributed by atoms with van der Waals surface area (Å²) in [5, 5.41) is 12.9. The van der Waals surface area contributed by atoms with Gasteiger partial charge in [0.2, 0.25) is 0 Å². The van der Waals surface area contributed by atoms with Crippen LogP contribution in [0, 0.1) is 11.7 Å². The molecule has 2 aliphatic rings. The number of urea groups is 1. The van der Waals surface area contributed by atoms with Gasteiger partial charge in [-0.1, -0.05) is 18.6 Å². The summed E-state index contributed by atoms with van der Waals surface area (Å²) < 4.78 is 13.7. The van der Waals surface area contributed by atoms with Gasteiger partial charge in [-0.15, -0.1) is 0 Å². The minimum atomic E-state index is -0.295. The van der Waals surface area contributed by atoms with Gasteiger partial charge in [0, 0.05) is 19.5 Å². The average Bonchev–Trinajstić information content (AvgIpc) is 3.07. The second-order valence-corrected chi connectivity index (χ2v) is 6.49. The Morgan fingerprint density at radius 3 is 2.95 bits per heavy atom. The molecule has 0 radical (unpaired) electrons. The van der Waals surface area contributed by atoms with Gasteiger partial charge in [-0.25, -0.2) is 9.18 Å². The molecule has 22 heavy (non-hydrogen) atoms. The van der Waals surface area contributed by atoms with Crippen molar-refractivity contribution in [2.24, 2.45) is 5.92 Å². The van der Waals surface area contributed by atoms with E-state index in [1.54, 1.807) is 18.0 Å². The van der Waals surface area contributed by atoms with Crippen LogP contribution in [0.2, 0.25) is 0 Å². The van der Waals surface area contributed by atoms with E-state index < -0.39 is 0 Å². The predicted octanol–water partition coefficient (Wildman–Crippen LogP) is 2.62. The standard InChI is InChI=1S/C17H23FN2O2/c1-20(10-11-4-2-7-16(11)21)17(22)19-15-9-8-12-13(15)5-3-6-14(12)18/h3,5-6,11,15-16,21H,2,4,7-10H2,1H3,(H,19,22). The first-order chi connectivity index (χ1) is 10.6. The van der Waals surface area contributed by atoms with E-state index in [1.807, 2.05) is 6.07 Å². The molecule has 0 bridgehead atoms. The molecule has 0 aliphatic heterocycles. The van der Waals surface area contributed by atoms with Gasteiger partial charge in [-0.3, -0.25) is 0 Å². The first-order valence-electron chi connectivity index (χ1n) is 8.03. The number of amides is 2. The van der Waals surface area contributed by atoms with Gasteiger partial charge in [0.1, 0.15) is 5.82 Å². The van der Waals surface area contributed by atoms with Crippen LogP contribution in [0.5, 0.6) is 0 Å². The number of nitrogens with one attached hydrogen (secondary N) is 1. The van der Waals surface area contributed by atoms with E-state index in [2.05, 4.69) is 5.32 Å². The van der Waals surface area contributed by atoms with Crippen molar-refractivity contribution in [3.63, 3.8) is 0 Å². The van der Waals surface area contributed by atoms with Crippen LogP contribution >= 0.6 is 0 Å². The smallest absolute Gasteiger partial charge is 0.317 e. The van der Waals surface area contributed by atoms with Crippen LogP contribution in [0.15, 0.2) is 18.2 Å². The molecule has 1 fully saturated rings. The highest BCUT2D eigenvalue weighted by Gasteiger charge is 2.30.